The van der Waals surface area contributed by atoms with E-state index in [4.69, 9.17) is 16.3 Å². The van der Waals surface area contributed by atoms with E-state index in [0.29, 0.717) is 6.04 Å². The monoisotopic (exact) mass is 197 g/mol. The number of methoxy groups -OCH3 is 1. The average molecular weight is 198 g/mol. The largest absolute Gasteiger partial charge is 0.497 e. The maximum Gasteiger partial charge on any atom is 0.119 e. The Morgan fingerprint density at radius 1 is 1.54 bits per heavy atom. The molecule has 0 aromatic heterocycles. The Morgan fingerprint density at radius 2 is 2.31 bits per heavy atom. The van der Waals surface area contributed by atoms with E-state index >= 15 is 0 Å². The lowest BCUT2D eigenvalue weighted by molar-refractivity contribution is 0.378. The van der Waals surface area contributed by atoms with Crippen LogP contribution in [0.3, 0.4) is 0 Å². The third-order valence-electron chi connectivity index (χ3n) is 2.40. The first-order chi connectivity index (χ1) is 6.31. The number of halogens is 1. The summed E-state index contributed by atoms with van der Waals surface area (Å²) in [5.74, 6) is 0.869. The van der Waals surface area contributed by atoms with Crippen molar-refractivity contribution < 1.29 is 4.74 Å². The third kappa shape index (κ3) is 1.64. The lowest BCUT2D eigenvalue weighted by atomic mass is 9.98. The molecule has 0 amide bonds. The van der Waals surface area contributed by atoms with Crippen LogP contribution in [-0.2, 0) is 0 Å². The summed E-state index contributed by atoms with van der Waals surface area (Å²) in [4.78, 5) is 0. The Balaban J connectivity index is 2.30. The molecule has 0 aliphatic carbocycles. The van der Waals surface area contributed by atoms with Crippen molar-refractivity contribution in [1.29, 1.82) is 0 Å². The topological polar surface area (TPSA) is 21.3 Å². The van der Waals surface area contributed by atoms with Crippen LogP contribution in [0.2, 0.25) is 5.02 Å². The minimum atomic E-state index is 0.419. The van der Waals surface area contributed by atoms with E-state index in [1.165, 1.54) is 0 Å². The SMILES string of the molecule is COc1ccc(Cl)c(C2CCN2)c1. The van der Waals surface area contributed by atoms with Gasteiger partial charge >= 0.3 is 0 Å². The molecule has 3 heteroatoms. The van der Waals surface area contributed by atoms with Crippen molar-refractivity contribution in [2.45, 2.75) is 12.5 Å². The van der Waals surface area contributed by atoms with Crippen LogP contribution in [0.4, 0.5) is 0 Å². The van der Waals surface area contributed by atoms with E-state index in [9.17, 15) is 0 Å². The number of nitrogens with one attached hydrogen (secondary N) is 1. The molecule has 1 saturated heterocycles. The van der Waals surface area contributed by atoms with E-state index in [-0.39, 0.29) is 0 Å². The van der Waals surface area contributed by atoms with Crippen LogP contribution in [0.15, 0.2) is 18.2 Å². The van der Waals surface area contributed by atoms with Gasteiger partial charge in [0.1, 0.15) is 5.75 Å². The van der Waals surface area contributed by atoms with Gasteiger partial charge in [0.25, 0.3) is 0 Å². The number of hydrogen-bond acceptors (Lipinski definition) is 2. The highest BCUT2D eigenvalue weighted by molar-refractivity contribution is 6.31. The summed E-state index contributed by atoms with van der Waals surface area (Å²) in [6.45, 7) is 1.08. The van der Waals surface area contributed by atoms with Gasteiger partial charge in [0.15, 0.2) is 0 Å². The number of benzene rings is 1. The number of hydrogen-bond donors (Lipinski definition) is 1. The van der Waals surface area contributed by atoms with Crippen LogP contribution in [0.1, 0.15) is 18.0 Å². The van der Waals surface area contributed by atoms with Gasteiger partial charge in [-0.15, -0.1) is 0 Å². The lowest BCUT2D eigenvalue weighted by Gasteiger charge is -2.28. The van der Waals surface area contributed by atoms with Gasteiger partial charge in [-0.3, -0.25) is 0 Å². The first-order valence-corrected chi connectivity index (χ1v) is 4.76. The van der Waals surface area contributed by atoms with Gasteiger partial charge in [-0.25, -0.2) is 0 Å². The first kappa shape index (κ1) is 8.85. The van der Waals surface area contributed by atoms with Crippen molar-refractivity contribution in [2.75, 3.05) is 13.7 Å². The molecule has 0 spiro atoms. The van der Waals surface area contributed by atoms with E-state index in [1.807, 2.05) is 18.2 Å². The molecule has 1 fully saturated rings. The third-order valence-corrected chi connectivity index (χ3v) is 2.75. The summed E-state index contributed by atoms with van der Waals surface area (Å²) in [6, 6.07) is 6.18. The van der Waals surface area contributed by atoms with E-state index in [1.54, 1.807) is 7.11 Å². The molecular weight excluding hydrogens is 186 g/mol. The van der Waals surface area contributed by atoms with Gasteiger partial charge in [0.2, 0.25) is 0 Å². The molecule has 1 aliphatic rings. The average Bonchev–Trinajstić information content (AvgIpc) is 2.06. The van der Waals surface area contributed by atoms with Gasteiger partial charge in [0, 0.05) is 11.1 Å². The molecule has 70 valence electrons. The van der Waals surface area contributed by atoms with Gasteiger partial charge in [-0.1, -0.05) is 11.6 Å². The predicted octanol–water partition coefficient (Wildman–Crippen LogP) is 2.38. The lowest BCUT2D eigenvalue weighted by Crippen LogP contribution is -2.35. The minimum Gasteiger partial charge on any atom is -0.497 e. The molecule has 1 N–H and O–H groups in total. The van der Waals surface area contributed by atoms with E-state index < -0.39 is 0 Å². The van der Waals surface area contributed by atoms with Crippen molar-refractivity contribution in [2.24, 2.45) is 0 Å². The Kier molecular flexibility index (Phi) is 2.42. The molecule has 0 bridgehead atoms. The Bertz CT molecular complexity index is 310. The molecule has 1 unspecified atom stereocenters. The summed E-state index contributed by atoms with van der Waals surface area (Å²) in [6.07, 6.45) is 1.16. The zero-order valence-electron chi connectivity index (χ0n) is 7.51. The van der Waals surface area contributed by atoms with Gasteiger partial charge < -0.3 is 10.1 Å². The van der Waals surface area contributed by atoms with E-state index in [0.717, 1.165) is 29.3 Å². The second-order valence-electron chi connectivity index (χ2n) is 3.18. The minimum absolute atomic E-state index is 0.419. The van der Waals surface area contributed by atoms with Crippen molar-refractivity contribution >= 4 is 11.6 Å². The van der Waals surface area contributed by atoms with Crippen molar-refractivity contribution in [3.8, 4) is 5.75 Å². The summed E-state index contributed by atoms with van der Waals surface area (Å²) in [5, 5.41) is 4.13. The fraction of sp³-hybridized carbons (Fsp3) is 0.400. The fourth-order valence-electron chi connectivity index (χ4n) is 1.47. The van der Waals surface area contributed by atoms with Crippen LogP contribution in [-0.4, -0.2) is 13.7 Å². The first-order valence-electron chi connectivity index (χ1n) is 4.38. The van der Waals surface area contributed by atoms with E-state index in [2.05, 4.69) is 5.32 Å². The van der Waals surface area contributed by atoms with Crippen molar-refractivity contribution in [1.82, 2.24) is 5.32 Å². The summed E-state index contributed by atoms with van der Waals surface area (Å²) < 4.78 is 5.14. The second kappa shape index (κ2) is 3.56. The van der Waals surface area contributed by atoms with Gasteiger partial charge in [-0.2, -0.15) is 0 Å². The second-order valence-corrected chi connectivity index (χ2v) is 3.59. The number of ether oxygens (including phenoxy) is 1. The summed E-state index contributed by atoms with van der Waals surface area (Å²) in [5.41, 5.74) is 1.15. The van der Waals surface area contributed by atoms with Crippen molar-refractivity contribution in [3.63, 3.8) is 0 Å². The molecule has 13 heavy (non-hydrogen) atoms. The predicted molar refractivity (Wildman–Crippen MR) is 53.4 cm³/mol. The summed E-state index contributed by atoms with van der Waals surface area (Å²) >= 11 is 6.07. The molecule has 2 rings (SSSR count). The zero-order valence-corrected chi connectivity index (χ0v) is 8.27. The number of rotatable bonds is 2. The maximum absolute atomic E-state index is 6.07. The molecular formula is C10H12ClNO. The normalized spacial score (nSPS) is 20.9. The molecule has 1 aromatic rings. The zero-order chi connectivity index (χ0) is 9.26. The molecule has 1 heterocycles. The van der Waals surface area contributed by atoms with Crippen molar-refractivity contribution in [3.05, 3.63) is 28.8 Å². The summed E-state index contributed by atoms with van der Waals surface area (Å²) in [7, 11) is 1.67. The molecule has 2 nitrogen and oxygen atoms in total. The van der Waals surface area contributed by atoms with Crippen LogP contribution >= 0.6 is 11.6 Å². The van der Waals surface area contributed by atoms with Crippen LogP contribution in [0.5, 0.6) is 5.75 Å². The van der Waals surface area contributed by atoms with Gasteiger partial charge in [-0.05, 0) is 36.7 Å². The highest BCUT2D eigenvalue weighted by Gasteiger charge is 2.21. The Labute approximate surface area is 82.9 Å². The quantitative estimate of drug-likeness (QED) is 0.786. The van der Waals surface area contributed by atoms with Crippen LogP contribution in [0, 0.1) is 0 Å². The van der Waals surface area contributed by atoms with Gasteiger partial charge in [0.05, 0.1) is 7.11 Å². The molecule has 1 atom stereocenters. The fourth-order valence-corrected chi connectivity index (χ4v) is 1.72. The van der Waals surface area contributed by atoms with Crippen LogP contribution in [0.25, 0.3) is 0 Å². The molecule has 0 radical (unpaired) electrons. The Morgan fingerprint density at radius 3 is 2.85 bits per heavy atom. The standard InChI is InChI=1S/C10H12ClNO/c1-13-7-2-3-9(11)8(6-7)10-4-5-12-10/h2-3,6,10,12H,4-5H2,1H3. The Hall–Kier alpha value is -0.730. The highest BCUT2D eigenvalue weighted by Crippen LogP contribution is 2.31. The maximum atomic E-state index is 6.07. The van der Waals surface area contributed by atoms with Crippen LogP contribution < -0.4 is 10.1 Å². The molecule has 1 aliphatic heterocycles. The highest BCUT2D eigenvalue weighted by atomic mass is 35.5. The molecule has 0 saturated carbocycles. The smallest absolute Gasteiger partial charge is 0.119 e. The molecule has 1 aromatic carbocycles.